The number of halogens is 3. The lowest BCUT2D eigenvalue weighted by Crippen LogP contribution is -2.14. The molecule has 0 aliphatic heterocycles. The van der Waals surface area contributed by atoms with Gasteiger partial charge in [0.1, 0.15) is 17.1 Å². The van der Waals surface area contributed by atoms with Crippen LogP contribution in [-0.2, 0) is 12.7 Å². The molecular formula is C12H10F3N3O2S. The Bertz CT molecular complexity index is 670. The van der Waals surface area contributed by atoms with Gasteiger partial charge in [0.25, 0.3) is 0 Å². The normalized spacial score (nSPS) is 11.4. The van der Waals surface area contributed by atoms with Crippen molar-refractivity contribution in [2.45, 2.75) is 19.6 Å². The van der Waals surface area contributed by atoms with Gasteiger partial charge in [-0.15, -0.1) is 11.3 Å². The SMILES string of the molecule is Cc1ncsc1CNc1nc(C(F)(F)F)ccc1C(=O)O. The number of thiazole rings is 1. The van der Waals surface area contributed by atoms with E-state index in [1.807, 2.05) is 0 Å². The van der Waals surface area contributed by atoms with Gasteiger partial charge in [-0.3, -0.25) is 0 Å². The fraction of sp³-hybridized carbons (Fsp3) is 0.250. The molecule has 2 N–H and O–H groups in total. The smallest absolute Gasteiger partial charge is 0.433 e. The molecule has 112 valence electrons. The van der Waals surface area contributed by atoms with Crippen LogP contribution in [0.3, 0.4) is 0 Å². The lowest BCUT2D eigenvalue weighted by Gasteiger charge is -2.11. The predicted molar refractivity (Wildman–Crippen MR) is 70.4 cm³/mol. The highest BCUT2D eigenvalue weighted by Gasteiger charge is 2.33. The molecule has 2 rings (SSSR count). The number of alkyl halides is 3. The van der Waals surface area contributed by atoms with Crippen LogP contribution in [0, 0.1) is 6.92 Å². The van der Waals surface area contributed by atoms with E-state index in [4.69, 9.17) is 5.11 Å². The molecule has 0 saturated carbocycles. The summed E-state index contributed by atoms with van der Waals surface area (Å²) >= 11 is 1.32. The summed E-state index contributed by atoms with van der Waals surface area (Å²) in [7, 11) is 0. The highest BCUT2D eigenvalue weighted by molar-refractivity contribution is 7.09. The van der Waals surface area contributed by atoms with Crippen molar-refractivity contribution in [3.05, 3.63) is 39.5 Å². The number of pyridine rings is 1. The molecule has 2 aromatic rings. The number of aromatic carboxylic acids is 1. The number of carbonyl (C=O) groups is 1. The number of nitrogens with one attached hydrogen (secondary N) is 1. The van der Waals surface area contributed by atoms with Gasteiger partial charge in [0, 0.05) is 4.88 Å². The highest BCUT2D eigenvalue weighted by Crippen LogP contribution is 2.29. The Morgan fingerprint density at radius 2 is 2.14 bits per heavy atom. The number of anilines is 1. The van der Waals surface area contributed by atoms with Crippen LogP contribution in [0.1, 0.15) is 26.6 Å². The van der Waals surface area contributed by atoms with Gasteiger partial charge in [0.2, 0.25) is 0 Å². The van der Waals surface area contributed by atoms with Gasteiger partial charge in [-0.1, -0.05) is 0 Å². The molecule has 0 unspecified atom stereocenters. The summed E-state index contributed by atoms with van der Waals surface area (Å²) < 4.78 is 37.9. The number of carboxylic acid groups (broad SMARTS) is 1. The van der Waals surface area contributed by atoms with Crippen LogP contribution in [0.15, 0.2) is 17.6 Å². The Hall–Kier alpha value is -2.16. The third-order valence-corrected chi connectivity index (χ3v) is 3.61. The molecule has 2 aromatic heterocycles. The van der Waals surface area contributed by atoms with E-state index < -0.39 is 17.8 Å². The molecule has 0 bridgehead atoms. The van der Waals surface area contributed by atoms with Crippen LogP contribution in [0.2, 0.25) is 0 Å². The Labute approximate surface area is 121 Å². The van der Waals surface area contributed by atoms with Crippen molar-refractivity contribution in [1.29, 1.82) is 0 Å². The predicted octanol–water partition coefficient (Wildman–Crippen LogP) is 3.18. The minimum atomic E-state index is -4.63. The summed E-state index contributed by atoms with van der Waals surface area (Å²) in [4.78, 5) is 19.2. The van der Waals surface area contributed by atoms with Crippen molar-refractivity contribution < 1.29 is 23.1 Å². The minimum absolute atomic E-state index is 0.158. The van der Waals surface area contributed by atoms with Gasteiger partial charge in [0.05, 0.1) is 17.7 Å². The Kier molecular flexibility index (Phi) is 4.12. The molecule has 0 fully saturated rings. The molecule has 21 heavy (non-hydrogen) atoms. The summed E-state index contributed by atoms with van der Waals surface area (Å²) in [6.07, 6.45) is -4.63. The summed E-state index contributed by atoms with van der Waals surface area (Å²) in [5.74, 6) is -1.66. The second kappa shape index (κ2) is 5.68. The first-order valence-corrected chi connectivity index (χ1v) is 6.61. The van der Waals surface area contributed by atoms with Crippen LogP contribution in [0.5, 0.6) is 0 Å². The van der Waals surface area contributed by atoms with Crippen LogP contribution in [0.4, 0.5) is 19.0 Å². The Morgan fingerprint density at radius 3 is 2.67 bits per heavy atom. The van der Waals surface area contributed by atoms with Gasteiger partial charge < -0.3 is 10.4 Å². The second-order valence-electron chi connectivity index (χ2n) is 4.11. The number of hydrogen-bond acceptors (Lipinski definition) is 5. The van der Waals surface area contributed by atoms with Crippen LogP contribution >= 0.6 is 11.3 Å². The number of nitrogens with zero attached hydrogens (tertiary/aromatic N) is 2. The lowest BCUT2D eigenvalue weighted by atomic mass is 10.2. The zero-order valence-electron chi connectivity index (χ0n) is 10.7. The molecule has 9 heteroatoms. The van der Waals surface area contributed by atoms with Crippen molar-refractivity contribution >= 4 is 23.1 Å². The maximum atomic E-state index is 12.6. The minimum Gasteiger partial charge on any atom is -0.478 e. The third kappa shape index (κ3) is 3.48. The number of aromatic nitrogens is 2. The van der Waals surface area contributed by atoms with Crippen LogP contribution in [-0.4, -0.2) is 21.0 Å². The molecule has 0 saturated heterocycles. The highest BCUT2D eigenvalue weighted by atomic mass is 32.1. The average Bonchev–Trinajstić information content (AvgIpc) is 2.80. The van der Waals surface area contributed by atoms with Crippen molar-refractivity contribution in [3.63, 3.8) is 0 Å². The third-order valence-electron chi connectivity index (χ3n) is 2.68. The van der Waals surface area contributed by atoms with E-state index in [1.54, 1.807) is 12.4 Å². The van der Waals surface area contributed by atoms with Gasteiger partial charge in [-0.05, 0) is 19.1 Å². The monoisotopic (exact) mass is 317 g/mol. The number of aryl methyl sites for hydroxylation is 1. The van der Waals surface area contributed by atoms with Gasteiger partial charge >= 0.3 is 12.1 Å². The van der Waals surface area contributed by atoms with E-state index in [9.17, 15) is 18.0 Å². The van der Waals surface area contributed by atoms with Gasteiger partial charge in [0.15, 0.2) is 0 Å². The second-order valence-corrected chi connectivity index (χ2v) is 5.05. The summed E-state index contributed by atoms with van der Waals surface area (Å²) in [6, 6.07) is 1.53. The quantitative estimate of drug-likeness (QED) is 0.906. The topological polar surface area (TPSA) is 75.1 Å². The zero-order valence-corrected chi connectivity index (χ0v) is 11.5. The van der Waals surface area contributed by atoms with E-state index in [1.165, 1.54) is 11.3 Å². The lowest BCUT2D eigenvalue weighted by molar-refractivity contribution is -0.141. The van der Waals surface area contributed by atoms with E-state index >= 15 is 0 Å². The summed E-state index contributed by atoms with van der Waals surface area (Å²) in [5.41, 5.74) is 0.877. The molecule has 5 nitrogen and oxygen atoms in total. The maximum Gasteiger partial charge on any atom is 0.433 e. The van der Waals surface area contributed by atoms with E-state index in [-0.39, 0.29) is 17.9 Å². The van der Waals surface area contributed by atoms with E-state index in [2.05, 4.69) is 15.3 Å². The standard InChI is InChI=1S/C12H10F3N3O2S/c1-6-8(21-5-17-6)4-16-10-7(11(19)20)2-3-9(18-10)12(13,14)15/h2-3,5H,4H2,1H3,(H,16,18)(H,19,20). The zero-order chi connectivity index (χ0) is 15.6. The van der Waals surface area contributed by atoms with Crippen molar-refractivity contribution in [2.24, 2.45) is 0 Å². The molecule has 0 amide bonds. The number of rotatable bonds is 4. The molecule has 0 radical (unpaired) electrons. The Morgan fingerprint density at radius 1 is 1.43 bits per heavy atom. The largest absolute Gasteiger partial charge is 0.478 e. The average molecular weight is 317 g/mol. The first-order chi connectivity index (χ1) is 9.79. The molecule has 0 aliphatic carbocycles. The molecule has 2 heterocycles. The van der Waals surface area contributed by atoms with Crippen LogP contribution < -0.4 is 5.32 Å². The number of carboxylic acids is 1. The first-order valence-electron chi connectivity index (χ1n) is 5.73. The van der Waals surface area contributed by atoms with Crippen molar-refractivity contribution in [2.75, 3.05) is 5.32 Å². The maximum absolute atomic E-state index is 12.6. The summed E-state index contributed by atoms with van der Waals surface area (Å²) in [6.45, 7) is 1.91. The first kappa shape index (κ1) is 15.2. The molecule has 0 aromatic carbocycles. The van der Waals surface area contributed by atoms with E-state index in [0.29, 0.717) is 6.07 Å². The summed E-state index contributed by atoms with van der Waals surface area (Å²) in [5, 5.41) is 11.6. The van der Waals surface area contributed by atoms with Crippen molar-refractivity contribution in [3.8, 4) is 0 Å². The number of hydrogen-bond donors (Lipinski definition) is 2. The molecular weight excluding hydrogens is 307 g/mol. The molecule has 0 spiro atoms. The van der Waals surface area contributed by atoms with Gasteiger partial charge in [-0.25, -0.2) is 14.8 Å². The van der Waals surface area contributed by atoms with E-state index in [0.717, 1.165) is 16.6 Å². The van der Waals surface area contributed by atoms with Gasteiger partial charge in [-0.2, -0.15) is 13.2 Å². The Balaban J connectivity index is 2.31. The van der Waals surface area contributed by atoms with Crippen LogP contribution in [0.25, 0.3) is 0 Å². The molecule has 0 atom stereocenters. The van der Waals surface area contributed by atoms with Crippen molar-refractivity contribution in [1.82, 2.24) is 9.97 Å². The fourth-order valence-electron chi connectivity index (χ4n) is 1.58. The fourth-order valence-corrected chi connectivity index (χ4v) is 2.30. The molecule has 0 aliphatic rings.